The van der Waals surface area contributed by atoms with Crippen molar-refractivity contribution in [3.8, 4) is 0 Å². The smallest absolute Gasteiger partial charge is 0.185 e. The van der Waals surface area contributed by atoms with E-state index >= 15 is 0 Å². The third-order valence-electron chi connectivity index (χ3n) is 5.54. The summed E-state index contributed by atoms with van der Waals surface area (Å²) in [6.45, 7) is 5.41. The third-order valence-corrected chi connectivity index (χ3v) is 5.54. The number of hydrogen-bond donors (Lipinski definition) is 1. The fourth-order valence-electron chi connectivity index (χ4n) is 4.18. The average Bonchev–Trinajstić information content (AvgIpc) is 3.37. The monoisotopic (exact) mass is 376 g/mol. The molecule has 0 radical (unpaired) electrons. The lowest BCUT2D eigenvalue weighted by Crippen LogP contribution is -2.37. The molecule has 0 saturated heterocycles. The first-order valence-electron chi connectivity index (χ1n) is 10.3. The quantitative estimate of drug-likeness (QED) is 0.602. The Balaban J connectivity index is 1.55. The van der Waals surface area contributed by atoms with Gasteiger partial charge in [0.25, 0.3) is 0 Å². The number of benzene rings is 1. The molecule has 5 nitrogen and oxygen atoms in total. The molecule has 1 aromatic carbocycles. The Morgan fingerprint density at radius 1 is 1.18 bits per heavy atom. The fourth-order valence-corrected chi connectivity index (χ4v) is 4.18. The number of nitrogens with zero attached hydrogens (tertiary/aromatic N) is 3. The van der Waals surface area contributed by atoms with Gasteiger partial charge in [0.1, 0.15) is 17.8 Å². The van der Waals surface area contributed by atoms with Crippen LogP contribution in [-0.2, 0) is 6.42 Å². The van der Waals surface area contributed by atoms with Gasteiger partial charge in [-0.25, -0.2) is 9.97 Å². The number of hydrogen-bond acceptors (Lipinski definition) is 4. The minimum absolute atomic E-state index is 0.0365. The van der Waals surface area contributed by atoms with E-state index in [0.717, 1.165) is 28.8 Å². The zero-order chi connectivity index (χ0) is 19.5. The molecule has 1 saturated carbocycles. The van der Waals surface area contributed by atoms with Crippen LogP contribution in [0.3, 0.4) is 0 Å². The van der Waals surface area contributed by atoms with Gasteiger partial charge in [-0.1, -0.05) is 32.8 Å². The number of aromatic amines is 1. The predicted molar refractivity (Wildman–Crippen MR) is 113 cm³/mol. The van der Waals surface area contributed by atoms with Crippen molar-refractivity contribution in [3.05, 3.63) is 54.1 Å². The van der Waals surface area contributed by atoms with E-state index in [2.05, 4.69) is 39.8 Å². The maximum atomic E-state index is 12.9. The summed E-state index contributed by atoms with van der Waals surface area (Å²) in [6, 6.07) is 10.5. The Morgan fingerprint density at radius 3 is 2.79 bits per heavy atom. The van der Waals surface area contributed by atoms with Gasteiger partial charge in [0, 0.05) is 36.8 Å². The molecule has 0 amide bonds. The maximum Gasteiger partial charge on any atom is 0.185 e. The number of aromatic nitrogens is 3. The fraction of sp³-hybridized carbons (Fsp3) is 0.435. The molecule has 1 N–H and O–H groups in total. The Hall–Kier alpha value is -2.69. The molecule has 2 heterocycles. The van der Waals surface area contributed by atoms with Crippen LogP contribution in [0.5, 0.6) is 0 Å². The number of ketones is 1. The number of nitrogens with one attached hydrogen (secondary N) is 1. The van der Waals surface area contributed by atoms with Gasteiger partial charge < -0.3 is 9.88 Å². The Kier molecular flexibility index (Phi) is 5.42. The standard InChI is InChI=1S/C23H28N4O/c1-16(2)14-27(19-5-3-4-6-19)23-13-21(25-15-26-23)22(28)12-17-7-8-20-18(11-17)9-10-24-20/h7-11,13,15-16,19,24H,3-6,12,14H2,1-2H3. The summed E-state index contributed by atoms with van der Waals surface area (Å²) >= 11 is 0. The van der Waals surface area contributed by atoms with Gasteiger partial charge in [0.2, 0.25) is 0 Å². The van der Waals surface area contributed by atoms with E-state index in [-0.39, 0.29) is 5.78 Å². The molecule has 28 heavy (non-hydrogen) atoms. The highest BCUT2D eigenvalue weighted by atomic mass is 16.1. The van der Waals surface area contributed by atoms with Crippen molar-refractivity contribution in [2.24, 2.45) is 5.92 Å². The van der Waals surface area contributed by atoms with Crippen LogP contribution in [0.15, 0.2) is 42.9 Å². The summed E-state index contributed by atoms with van der Waals surface area (Å²) in [5.41, 5.74) is 2.60. The van der Waals surface area contributed by atoms with Crippen molar-refractivity contribution in [3.63, 3.8) is 0 Å². The largest absolute Gasteiger partial charge is 0.361 e. The molecule has 3 aromatic rings. The highest BCUT2D eigenvalue weighted by Gasteiger charge is 2.25. The van der Waals surface area contributed by atoms with Crippen molar-refractivity contribution in [1.82, 2.24) is 15.0 Å². The molecule has 146 valence electrons. The highest BCUT2D eigenvalue weighted by molar-refractivity contribution is 5.96. The van der Waals surface area contributed by atoms with Crippen LogP contribution >= 0.6 is 0 Å². The van der Waals surface area contributed by atoms with Crippen LogP contribution in [0.2, 0.25) is 0 Å². The minimum atomic E-state index is 0.0365. The van der Waals surface area contributed by atoms with Crippen LogP contribution in [0.4, 0.5) is 5.82 Å². The molecule has 1 fully saturated rings. The molecule has 1 aliphatic rings. The Bertz CT molecular complexity index is 956. The third kappa shape index (κ3) is 4.08. The molecule has 0 unspecified atom stereocenters. The normalized spacial score (nSPS) is 14.8. The number of fused-ring (bicyclic) bond motifs is 1. The Labute approximate surface area is 166 Å². The molecular formula is C23H28N4O. The van der Waals surface area contributed by atoms with Gasteiger partial charge in [0.15, 0.2) is 5.78 Å². The van der Waals surface area contributed by atoms with Crippen LogP contribution in [-0.4, -0.2) is 33.3 Å². The summed E-state index contributed by atoms with van der Waals surface area (Å²) in [5, 5.41) is 1.12. The highest BCUT2D eigenvalue weighted by Crippen LogP contribution is 2.28. The SMILES string of the molecule is CC(C)CN(c1cc(C(=O)Cc2ccc3[nH]ccc3c2)ncn1)C1CCCC1. The van der Waals surface area contributed by atoms with Crippen LogP contribution < -0.4 is 4.90 Å². The molecular weight excluding hydrogens is 348 g/mol. The van der Waals surface area contributed by atoms with E-state index in [1.807, 2.05) is 30.5 Å². The van der Waals surface area contributed by atoms with Gasteiger partial charge in [-0.15, -0.1) is 0 Å². The number of carbonyl (C=O) groups excluding carboxylic acids is 1. The summed E-state index contributed by atoms with van der Waals surface area (Å²) in [5.74, 6) is 1.47. The van der Waals surface area contributed by atoms with E-state index in [9.17, 15) is 4.79 Å². The van der Waals surface area contributed by atoms with Gasteiger partial charge in [-0.3, -0.25) is 4.79 Å². The van der Waals surface area contributed by atoms with Crippen molar-refractivity contribution >= 4 is 22.5 Å². The van der Waals surface area contributed by atoms with E-state index < -0.39 is 0 Å². The van der Waals surface area contributed by atoms with Crippen molar-refractivity contribution < 1.29 is 4.79 Å². The summed E-state index contributed by atoms with van der Waals surface area (Å²) in [7, 11) is 0. The number of carbonyl (C=O) groups is 1. The molecule has 0 atom stereocenters. The van der Waals surface area contributed by atoms with E-state index in [0.29, 0.717) is 24.1 Å². The topological polar surface area (TPSA) is 61.9 Å². The van der Waals surface area contributed by atoms with Crippen molar-refractivity contribution in [1.29, 1.82) is 0 Å². The van der Waals surface area contributed by atoms with Gasteiger partial charge in [-0.05, 0) is 47.9 Å². The number of H-pyrrole nitrogens is 1. The van der Waals surface area contributed by atoms with Crippen LogP contribution in [0, 0.1) is 5.92 Å². The molecule has 0 bridgehead atoms. The van der Waals surface area contributed by atoms with E-state index in [4.69, 9.17) is 0 Å². The second-order valence-electron chi connectivity index (χ2n) is 8.25. The Morgan fingerprint density at radius 2 is 2.00 bits per heavy atom. The number of Topliss-reactive ketones (excluding diaryl/α,β-unsaturated/α-hetero) is 1. The number of anilines is 1. The first kappa shape index (κ1) is 18.7. The lowest BCUT2D eigenvalue weighted by atomic mass is 10.0. The van der Waals surface area contributed by atoms with Crippen LogP contribution in [0.1, 0.15) is 55.6 Å². The van der Waals surface area contributed by atoms with E-state index in [1.165, 1.54) is 25.7 Å². The lowest BCUT2D eigenvalue weighted by Gasteiger charge is -2.31. The first-order chi connectivity index (χ1) is 13.6. The molecule has 1 aliphatic carbocycles. The van der Waals surface area contributed by atoms with Gasteiger partial charge >= 0.3 is 0 Å². The van der Waals surface area contributed by atoms with E-state index in [1.54, 1.807) is 6.33 Å². The van der Waals surface area contributed by atoms with Crippen LogP contribution in [0.25, 0.3) is 10.9 Å². The zero-order valence-electron chi connectivity index (χ0n) is 16.7. The predicted octanol–water partition coefficient (Wildman–Crippen LogP) is 4.79. The molecule has 4 rings (SSSR count). The van der Waals surface area contributed by atoms with Gasteiger partial charge in [-0.2, -0.15) is 0 Å². The lowest BCUT2D eigenvalue weighted by molar-refractivity contribution is 0.0988. The molecule has 0 aliphatic heterocycles. The molecule has 2 aromatic heterocycles. The summed E-state index contributed by atoms with van der Waals surface area (Å²) < 4.78 is 0. The second-order valence-corrected chi connectivity index (χ2v) is 8.25. The van der Waals surface area contributed by atoms with Crippen molar-refractivity contribution in [2.45, 2.75) is 52.0 Å². The van der Waals surface area contributed by atoms with Crippen molar-refractivity contribution in [2.75, 3.05) is 11.4 Å². The van der Waals surface area contributed by atoms with Gasteiger partial charge in [0.05, 0.1) is 0 Å². The first-order valence-corrected chi connectivity index (χ1v) is 10.3. The second kappa shape index (κ2) is 8.13. The number of rotatable bonds is 7. The summed E-state index contributed by atoms with van der Waals surface area (Å²) in [4.78, 5) is 27.3. The molecule has 0 spiro atoms. The maximum absolute atomic E-state index is 12.9. The average molecular weight is 377 g/mol. The minimum Gasteiger partial charge on any atom is -0.361 e. The summed E-state index contributed by atoms with van der Waals surface area (Å²) in [6.07, 6.45) is 8.77. The zero-order valence-corrected chi connectivity index (χ0v) is 16.7. The molecule has 5 heteroatoms.